The molecule has 0 bridgehead atoms. The van der Waals surface area contributed by atoms with Crippen LogP contribution in [0.15, 0.2) is 53.1 Å². The Morgan fingerprint density at radius 2 is 2.04 bits per heavy atom. The van der Waals surface area contributed by atoms with Crippen LogP contribution in [0.1, 0.15) is 30.1 Å². The van der Waals surface area contributed by atoms with Crippen LogP contribution in [0.5, 0.6) is 0 Å². The number of pyridine rings is 1. The molecule has 0 aliphatic carbocycles. The normalized spacial score (nSPS) is 15.4. The molecular weight excluding hydrogens is 338 g/mol. The molecule has 3 aromatic rings. The number of hydrogen-bond donors (Lipinski definition) is 1. The van der Waals surface area contributed by atoms with Gasteiger partial charge >= 0.3 is 0 Å². The SMILES string of the molecule is CCNCC1CCN(C(=O)c2cc(-c3ccco3)nc3ccccc23)CC1. The average Bonchev–Trinajstić information content (AvgIpc) is 3.26. The quantitative estimate of drug-likeness (QED) is 0.745. The minimum Gasteiger partial charge on any atom is -0.463 e. The smallest absolute Gasteiger partial charge is 0.254 e. The number of para-hydroxylation sites is 1. The maximum absolute atomic E-state index is 13.3. The van der Waals surface area contributed by atoms with Gasteiger partial charge in [-0.1, -0.05) is 25.1 Å². The third kappa shape index (κ3) is 3.74. The lowest BCUT2D eigenvalue weighted by Gasteiger charge is -2.32. The molecule has 1 aliphatic rings. The number of rotatable bonds is 5. The van der Waals surface area contributed by atoms with Crippen molar-refractivity contribution in [3.05, 3.63) is 54.3 Å². The lowest BCUT2D eigenvalue weighted by Crippen LogP contribution is -2.40. The molecule has 5 heteroatoms. The number of fused-ring (bicyclic) bond motifs is 1. The Labute approximate surface area is 159 Å². The largest absolute Gasteiger partial charge is 0.463 e. The summed E-state index contributed by atoms with van der Waals surface area (Å²) >= 11 is 0. The van der Waals surface area contributed by atoms with Crippen molar-refractivity contribution in [1.29, 1.82) is 0 Å². The Balaban J connectivity index is 1.62. The number of hydrogen-bond acceptors (Lipinski definition) is 4. The molecule has 1 amide bonds. The van der Waals surface area contributed by atoms with E-state index in [1.165, 1.54) is 0 Å². The molecule has 0 spiro atoms. The van der Waals surface area contributed by atoms with Gasteiger partial charge in [0.25, 0.3) is 5.91 Å². The predicted molar refractivity (Wildman–Crippen MR) is 107 cm³/mol. The number of carbonyl (C=O) groups excluding carboxylic acids is 1. The Morgan fingerprint density at radius 3 is 2.78 bits per heavy atom. The van der Waals surface area contributed by atoms with Crippen molar-refractivity contribution in [1.82, 2.24) is 15.2 Å². The van der Waals surface area contributed by atoms with Crippen molar-refractivity contribution in [3.8, 4) is 11.5 Å². The fourth-order valence-corrected chi connectivity index (χ4v) is 3.76. The lowest BCUT2D eigenvalue weighted by atomic mass is 9.95. The maximum atomic E-state index is 13.3. The average molecular weight is 363 g/mol. The van der Waals surface area contributed by atoms with E-state index in [0.29, 0.717) is 22.9 Å². The highest BCUT2D eigenvalue weighted by molar-refractivity contribution is 6.07. The van der Waals surface area contributed by atoms with Crippen LogP contribution in [0.25, 0.3) is 22.4 Å². The Morgan fingerprint density at radius 1 is 1.22 bits per heavy atom. The first-order valence-corrected chi connectivity index (χ1v) is 9.70. The number of benzene rings is 1. The summed E-state index contributed by atoms with van der Waals surface area (Å²) in [5.41, 5.74) is 2.22. The zero-order valence-electron chi connectivity index (χ0n) is 15.6. The number of furan rings is 1. The molecule has 0 saturated carbocycles. The van der Waals surface area contributed by atoms with Crippen LogP contribution in [0, 0.1) is 5.92 Å². The summed E-state index contributed by atoms with van der Waals surface area (Å²) < 4.78 is 5.51. The monoisotopic (exact) mass is 363 g/mol. The first-order valence-electron chi connectivity index (χ1n) is 9.70. The molecule has 2 aromatic heterocycles. The molecule has 5 nitrogen and oxygen atoms in total. The summed E-state index contributed by atoms with van der Waals surface area (Å²) in [6, 6.07) is 13.4. The molecule has 1 aliphatic heterocycles. The summed E-state index contributed by atoms with van der Waals surface area (Å²) in [5.74, 6) is 1.42. The van der Waals surface area contributed by atoms with Gasteiger partial charge in [-0.25, -0.2) is 4.98 Å². The molecule has 27 heavy (non-hydrogen) atoms. The molecule has 1 aromatic carbocycles. The number of amides is 1. The third-order valence-electron chi connectivity index (χ3n) is 5.30. The molecule has 140 valence electrons. The van der Waals surface area contributed by atoms with Crippen molar-refractivity contribution >= 4 is 16.8 Å². The van der Waals surface area contributed by atoms with E-state index >= 15 is 0 Å². The van der Waals surface area contributed by atoms with Gasteiger partial charge < -0.3 is 14.6 Å². The molecule has 1 saturated heterocycles. The fourth-order valence-electron chi connectivity index (χ4n) is 3.76. The number of carbonyl (C=O) groups is 1. The summed E-state index contributed by atoms with van der Waals surface area (Å²) in [7, 11) is 0. The van der Waals surface area contributed by atoms with Crippen LogP contribution in [0.2, 0.25) is 0 Å². The van der Waals surface area contributed by atoms with Gasteiger partial charge in [0.2, 0.25) is 0 Å². The van der Waals surface area contributed by atoms with Gasteiger partial charge in [-0.15, -0.1) is 0 Å². The second-order valence-electron chi connectivity index (χ2n) is 7.09. The number of piperidine rings is 1. The van der Waals surface area contributed by atoms with E-state index in [-0.39, 0.29) is 5.91 Å². The summed E-state index contributed by atoms with van der Waals surface area (Å²) in [6.45, 7) is 5.78. The molecule has 0 unspecified atom stereocenters. The van der Waals surface area contributed by atoms with Crippen LogP contribution in [-0.4, -0.2) is 42.0 Å². The van der Waals surface area contributed by atoms with Gasteiger partial charge in [-0.05, 0) is 56.1 Å². The van der Waals surface area contributed by atoms with E-state index in [9.17, 15) is 4.79 Å². The molecule has 1 fully saturated rings. The first kappa shape index (κ1) is 17.7. The van der Waals surface area contributed by atoms with Gasteiger partial charge in [0.15, 0.2) is 5.76 Å². The van der Waals surface area contributed by atoms with Crippen LogP contribution in [0.3, 0.4) is 0 Å². The lowest BCUT2D eigenvalue weighted by molar-refractivity contribution is 0.0692. The Hall–Kier alpha value is -2.66. The molecule has 1 N–H and O–H groups in total. The highest BCUT2D eigenvalue weighted by atomic mass is 16.3. The van der Waals surface area contributed by atoms with Crippen molar-refractivity contribution in [2.75, 3.05) is 26.2 Å². The minimum atomic E-state index is 0.0864. The third-order valence-corrected chi connectivity index (χ3v) is 5.30. The van der Waals surface area contributed by atoms with E-state index in [4.69, 9.17) is 4.42 Å². The summed E-state index contributed by atoms with van der Waals surface area (Å²) in [5, 5.41) is 4.31. The van der Waals surface area contributed by atoms with Crippen molar-refractivity contribution in [2.24, 2.45) is 5.92 Å². The first-order chi connectivity index (χ1) is 13.3. The van der Waals surface area contributed by atoms with E-state index in [1.54, 1.807) is 6.26 Å². The van der Waals surface area contributed by atoms with Gasteiger partial charge in [0.1, 0.15) is 5.69 Å². The number of likely N-dealkylation sites (tertiary alicyclic amines) is 1. The van der Waals surface area contributed by atoms with Gasteiger partial charge in [0.05, 0.1) is 17.3 Å². The molecule has 0 radical (unpaired) electrons. The number of nitrogens with one attached hydrogen (secondary N) is 1. The second-order valence-corrected chi connectivity index (χ2v) is 7.09. The predicted octanol–water partition coefficient (Wildman–Crippen LogP) is 3.96. The van der Waals surface area contributed by atoms with Crippen molar-refractivity contribution in [2.45, 2.75) is 19.8 Å². The zero-order chi connectivity index (χ0) is 18.6. The number of aromatic nitrogens is 1. The van der Waals surface area contributed by atoms with E-state index in [0.717, 1.165) is 49.9 Å². The van der Waals surface area contributed by atoms with E-state index < -0.39 is 0 Å². The fraction of sp³-hybridized carbons (Fsp3) is 0.364. The Kier molecular flexibility index (Phi) is 5.21. The maximum Gasteiger partial charge on any atom is 0.254 e. The zero-order valence-corrected chi connectivity index (χ0v) is 15.6. The topological polar surface area (TPSA) is 58.4 Å². The molecule has 0 atom stereocenters. The van der Waals surface area contributed by atoms with Crippen LogP contribution in [0.4, 0.5) is 0 Å². The minimum absolute atomic E-state index is 0.0864. The highest BCUT2D eigenvalue weighted by Crippen LogP contribution is 2.27. The van der Waals surface area contributed by atoms with E-state index in [1.807, 2.05) is 47.4 Å². The standard InChI is InChI=1S/C22H25N3O2/c1-2-23-15-16-9-11-25(12-10-16)22(26)18-14-20(21-8-5-13-27-21)24-19-7-4-3-6-17(18)19/h3-8,13-14,16,23H,2,9-12,15H2,1H3. The summed E-state index contributed by atoms with van der Waals surface area (Å²) in [4.78, 5) is 20.0. The molecule has 3 heterocycles. The molecular formula is C22H25N3O2. The Bertz CT molecular complexity index is 912. The van der Waals surface area contributed by atoms with Gasteiger partial charge in [0, 0.05) is 18.5 Å². The van der Waals surface area contributed by atoms with Gasteiger partial charge in [-0.2, -0.15) is 0 Å². The van der Waals surface area contributed by atoms with Crippen LogP contribution in [-0.2, 0) is 0 Å². The number of nitrogens with zero attached hydrogens (tertiary/aromatic N) is 2. The van der Waals surface area contributed by atoms with E-state index in [2.05, 4.69) is 17.2 Å². The summed E-state index contributed by atoms with van der Waals surface area (Å²) in [6.07, 6.45) is 3.72. The van der Waals surface area contributed by atoms with Crippen molar-refractivity contribution in [3.63, 3.8) is 0 Å². The van der Waals surface area contributed by atoms with Gasteiger partial charge in [-0.3, -0.25) is 4.79 Å². The van der Waals surface area contributed by atoms with Crippen molar-refractivity contribution < 1.29 is 9.21 Å². The van der Waals surface area contributed by atoms with Crippen LogP contribution >= 0.6 is 0 Å². The second kappa shape index (κ2) is 7.92. The molecule has 4 rings (SSSR count). The van der Waals surface area contributed by atoms with Crippen LogP contribution < -0.4 is 5.32 Å². The highest BCUT2D eigenvalue weighted by Gasteiger charge is 2.25.